The summed E-state index contributed by atoms with van der Waals surface area (Å²) >= 11 is 0. The Hall–Kier alpha value is -3.22. The number of hydrogen-bond donors (Lipinski definition) is 1. The van der Waals surface area contributed by atoms with Gasteiger partial charge in [-0.1, -0.05) is 0 Å². The van der Waals surface area contributed by atoms with Crippen molar-refractivity contribution in [2.45, 2.75) is 19.3 Å². The van der Waals surface area contributed by atoms with Crippen molar-refractivity contribution in [2.75, 3.05) is 26.0 Å². The fourth-order valence-corrected chi connectivity index (χ4v) is 3.03. The van der Waals surface area contributed by atoms with Gasteiger partial charge in [0, 0.05) is 31.7 Å². The van der Waals surface area contributed by atoms with Crippen molar-refractivity contribution >= 4 is 23.5 Å². The Morgan fingerprint density at radius 2 is 1.75 bits per heavy atom. The molecule has 2 aromatic rings. The van der Waals surface area contributed by atoms with E-state index in [0.29, 0.717) is 37.1 Å². The highest BCUT2D eigenvalue weighted by molar-refractivity contribution is 6.13. The molecule has 1 aliphatic rings. The van der Waals surface area contributed by atoms with Crippen molar-refractivity contribution in [1.82, 2.24) is 9.88 Å². The summed E-state index contributed by atoms with van der Waals surface area (Å²) in [5.74, 6) is -0.910. The maximum Gasteiger partial charge on any atom is 0.337 e. The second-order valence-electron chi connectivity index (χ2n) is 6.94. The highest BCUT2D eigenvalue weighted by Crippen LogP contribution is 2.48. The van der Waals surface area contributed by atoms with Crippen LogP contribution in [0, 0.1) is 5.41 Å². The molecule has 0 saturated heterocycles. The lowest BCUT2D eigenvalue weighted by molar-refractivity contribution is -0.141. The molecule has 7 nitrogen and oxygen atoms in total. The lowest BCUT2D eigenvalue weighted by Crippen LogP contribution is -2.41. The van der Waals surface area contributed by atoms with E-state index in [2.05, 4.69) is 15.0 Å². The van der Waals surface area contributed by atoms with Crippen molar-refractivity contribution in [3.63, 3.8) is 0 Å². The van der Waals surface area contributed by atoms with Crippen molar-refractivity contribution in [1.29, 1.82) is 0 Å². The van der Waals surface area contributed by atoms with Gasteiger partial charge < -0.3 is 15.0 Å². The fraction of sp³-hybridized carbons (Fsp3) is 0.333. The Kier molecular flexibility index (Phi) is 5.73. The lowest BCUT2D eigenvalue weighted by Gasteiger charge is -2.23. The summed E-state index contributed by atoms with van der Waals surface area (Å²) in [7, 11) is 3.04. The Morgan fingerprint density at radius 3 is 2.32 bits per heavy atom. The minimum atomic E-state index is -0.992. The van der Waals surface area contributed by atoms with Crippen LogP contribution in [0.3, 0.4) is 0 Å². The Bertz CT molecular complexity index is 861. The molecular weight excluding hydrogens is 358 g/mol. The number of pyridine rings is 1. The Morgan fingerprint density at radius 1 is 1.11 bits per heavy atom. The number of carbonyl (C=O) groups excluding carboxylic acids is 3. The average molecular weight is 381 g/mol. The van der Waals surface area contributed by atoms with Crippen LogP contribution in [0.2, 0.25) is 0 Å². The number of esters is 1. The van der Waals surface area contributed by atoms with Gasteiger partial charge in [0.2, 0.25) is 11.8 Å². The maximum absolute atomic E-state index is 12.9. The van der Waals surface area contributed by atoms with Gasteiger partial charge in [0.05, 0.1) is 12.7 Å². The molecule has 1 fully saturated rings. The highest BCUT2D eigenvalue weighted by Gasteiger charge is 2.57. The zero-order valence-corrected chi connectivity index (χ0v) is 16.0. The molecule has 146 valence electrons. The number of nitrogens with zero attached hydrogens (tertiary/aromatic N) is 2. The molecule has 0 spiro atoms. The van der Waals surface area contributed by atoms with Gasteiger partial charge in [-0.05, 0) is 61.2 Å². The summed E-state index contributed by atoms with van der Waals surface area (Å²) in [6, 6.07) is 10.2. The van der Waals surface area contributed by atoms with Crippen LogP contribution in [0.15, 0.2) is 48.8 Å². The molecule has 1 aromatic heterocycles. The third-order valence-electron chi connectivity index (χ3n) is 4.99. The van der Waals surface area contributed by atoms with Gasteiger partial charge in [-0.15, -0.1) is 0 Å². The number of likely N-dealkylation sites (N-methyl/N-ethyl adjacent to an activating group) is 1. The van der Waals surface area contributed by atoms with Crippen LogP contribution in [0.25, 0.3) is 0 Å². The molecule has 0 aliphatic heterocycles. The molecule has 0 radical (unpaired) electrons. The number of benzene rings is 1. The van der Waals surface area contributed by atoms with Crippen molar-refractivity contribution in [2.24, 2.45) is 5.41 Å². The number of ether oxygens (including phenoxy) is 1. The monoisotopic (exact) mass is 381 g/mol. The van der Waals surface area contributed by atoms with Crippen LogP contribution in [0.5, 0.6) is 0 Å². The molecule has 0 atom stereocenters. The number of amides is 2. The van der Waals surface area contributed by atoms with E-state index in [1.165, 1.54) is 7.11 Å². The molecule has 0 bridgehead atoms. The predicted molar refractivity (Wildman–Crippen MR) is 104 cm³/mol. The van der Waals surface area contributed by atoms with Crippen LogP contribution in [0.1, 0.15) is 28.8 Å². The van der Waals surface area contributed by atoms with E-state index >= 15 is 0 Å². The summed E-state index contributed by atoms with van der Waals surface area (Å²) in [6.07, 6.45) is 5.23. The molecule has 1 heterocycles. The predicted octanol–water partition coefficient (Wildman–Crippen LogP) is 2.29. The quantitative estimate of drug-likeness (QED) is 0.587. The second-order valence-corrected chi connectivity index (χ2v) is 6.94. The zero-order chi connectivity index (χ0) is 20.1. The number of methoxy groups -OCH3 is 1. The van der Waals surface area contributed by atoms with Crippen LogP contribution >= 0.6 is 0 Å². The van der Waals surface area contributed by atoms with E-state index in [-0.39, 0.29) is 11.8 Å². The minimum Gasteiger partial charge on any atom is -0.465 e. The van der Waals surface area contributed by atoms with Gasteiger partial charge in [-0.3, -0.25) is 14.6 Å². The number of carbonyl (C=O) groups is 3. The van der Waals surface area contributed by atoms with Gasteiger partial charge in [-0.2, -0.15) is 0 Å². The van der Waals surface area contributed by atoms with Crippen molar-refractivity contribution < 1.29 is 19.1 Å². The van der Waals surface area contributed by atoms with Gasteiger partial charge in [0.15, 0.2) is 0 Å². The Labute approximate surface area is 163 Å². The van der Waals surface area contributed by atoms with Gasteiger partial charge >= 0.3 is 5.97 Å². The number of anilines is 1. The van der Waals surface area contributed by atoms with Crippen LogP contribution in [-0.2, 0) is 20.7 Å². The van der Waals surface area contributed by atoms with Crippen LogP contribution in [-0.4, -0.2) is 48.4 Å². The molecule has 2 amide bonds. The van der Waals surface area contributed by atoms with E-state index in [4.69, 9.17) is 0 Å². The largest absolute Gasteiger partial charge is 0.465 e. The number of hydrogen-bond acceptors (Lipinski definition) is 5. The summed E-state index contributed by atoms with van der Waals surface area (Å²) in [5, 5.41) is 2.79. The van der Waals surface area contributed by atoms with Crippen molar-refractivity contribution in [3.05, 3.63) is 59.9 Å². The first-order valence-electron chi connectivity index (χ1n) is 9.10. The zero-order valence-electron chi connectivity index (χ0n) is 16.0. The smallest absolute Gasteiger partial charge is 0.337 e. The van der Waals surface area contributed by atoms with Gasteiger partial charge in [0.1, 0.15) is 5.41 Å². The maximum atomic E-state index is 12.9. The van der Waals surface area contributed by atoms with Crippen LogP contribution < -0.4 is 5.32 Å². The van der Waals surface area contributed by atoms with Crippen molar-refractivity contribution in [3.8, 4) is 0 Å². The molecule has 1 saturated carbocycles. The number of aromatic nitrogens is 1. The van der Waals surface area contributed by atoms with E-state index in [0.717, 1.165) is 5.56 Å². The summed E-state index contributed by atoms with van der Waals surface area (Å²) in [6.45, 7) is 0.533. The van der Waals surface area contributed by atoms with E-state index < -0.39 is 11.4 Å². The molecular formula is C21H23N3O4. The molecule has 0 unspecified atom stereocenters. The van der Waals surface area contributed by atoms with Gasteiger partial charge in [0.25, 0.3) is 0 Å². The minimum absolute atomic E-state index is 0.162. The normalized spacial score (nSPS) is 14.1. The first-order valence-corrected chi connectivity index (χ1v) is 9.10. The van der Waals surface area contributed by atoms with E-state index in [1.807, 2.05) is 12.1 Å². The summed E-state index contributed by atoms with van der Waals surface area (Å²) < 4.78 is 4.65. The standard InChI is InChI=1S/C21H23N3O4/c1-24(14-9-15-7-12-22-13-8-15)20(27)21(10-11-21)19(26)23-17-5-3-16(4-6-17)18(25)28-2/h3-8,12-13H,9-11,14H2,1-2H3,(H,23,26). The summed E-state index contributed by atoms with van der Waals surface area (Å²) in [4.78, 5) is 42.7. The fourth-order valence-electron chi connectivity index (χ4n) is 3.03. The lowest BCUT2D eigenvalue weighted by atomic mass is 10.0. The first kappa shape index (κ1) is 19.5. The molecule has 1 aromatic carbocycles. The van der Waals surface area contributed by atoms with E-state index in [1.54, 1.807) is 48.6 Å². The number of nitrogens with one attached hydrogen (secondary N) is 1. The van der Waals surface area contributed by atoms with Crippen LogP contribution in [0.4, 0.5) is 5.69 Å². The average Bonchev–Trinajstić information content (AvgIpc) is 3.54. The molecule has 3 rings (SSSR count). The third-order valence-corrected chi connectivity index (χ3v) is 4.99. The number of rotatable bonds is 7. The highest BCUT2D eigenvalue weighted by atomic mass is 16.5. The SMILES string of the molecule is COC(=O)c1ccc(NC(=O)C2(C(=O)N(C)CCc3ccncc3)CC2)cc1. The first-order chi connectivity index (χ1) is 13.5. The second kappa shape index (κ2) is 8.21. The third kappa shape index (κ3) is 4.19. The molecule has 1 aliphatic carbocycles. The molecule has 7 heteroatoms. The molecule has 1 N–H and O–H groups in total. The van der Waals surface area contributed by atoms with E-state index in [9.17, 15) is 14.4 Å². The Balaban J connectivity index is 1.59. The van der Waals surface area contributed by atoms with Gasteiger partial charge in [-0.25, -0.2) is 4.79 Å². The molecule has 28 heavy (non-hydrogen) atoms. The summed E-state index contributed by atoms with van der Waals surface area (Å²) in [5.41, 5.74) is 1.04. The topological polar surface area (TPSA) is 88.6 Å².